The Morgan fingerprint density at radius 1 is 1.14 bits per heavy atom. The average Bonchev–Trinajstić information content (AvgIpc) is 3.10. The minimum atomic E-state index is -0.169. The van der Waals surface area contributed by atoms with E-state index in [0.29, 0.717) is 23.8 Å². The van der Waals surface area contributed by atoms with E-state index in [-0.39, 0.29) is 17.9 Å². The monoisotopic (exact) mass is 296 g/mol. The molecule has 0 aromatic heterocycles. The van der Waals surface area contributed by atoms with Gasteiger partial charge in [-0.25, -0.2) is 0 Å². The molecule has 1 aromatic rings. The minimum Gasteiger partial charge on any atom is -0.345 e. The molecular formula is C18H20N2O2. The number of nitrogens with zero attached hydrogens (tertiary/aromatic N) is 1. The van der Waals surface area contributed by atoms with Gasteiger partial charge in [-0.15, -0.1) is 0 Å². The van der Waals surface area contributed by atoms with Crippen molar-refractivity contribution in [2.75, 3.05) is 13.1 Å². The predicted molar refractivity (Wildman–Crippen MR) is 83.2 cm³/mol. The zero-order valence-corrected chi connectivity index (χ0v) is 12.5. The molecule has 114 valence electrons. The number of rotatable bonds is 2. The van der Waals surface area contributed by atoms with E-state index in [1.807, 2.05) is 29.2 Å². The quantitative estimate of drug-likeness (QED) is 0.851. The molecule has 2 aliphatic heterocycles. The largest absolute Gasteiger partial charge is 0.345 e. The highest BCUT2D eigenvalue weighted by molar-refractivity contribution is 5.99. The van der Waals surface area contributed by atoms with Crippen LogP contribution in [0.25, 0.3) is 0 Å². The first-order valence-electron chi connectivity index (χ1n) is 8.05. The lowest BCUT2D eigenvalue weighted by atomic mass is 9.86. The summed E-state index contributed by atoms with van der Waals surface area (Å²) >= 11 is 0. The van der Waals surface area contributed by atoms with Gasteiger partial charge in [0.25, 0.3) is 5.91 Å². The molecule has 1 saturated heterocycles. The van der Waals surface area contributed by atoms with Gasteiger partial charge in [-0.2, -0.15) is 0 Å². The summed E-state index contributed by atoms with van der Waals surface area (Å²) in [5.41, 5.74) is 1.67. The number of amides is 2. The average molecular weight is 296 g/mol. The van der Waals surface area contributed by atoms with Crippen molar-refractivity contribution in [3.8, 4) is 0 Å². The second-order valence-electron chi connectivity index (χ2n) is 6.58. The lowest BCUT2D eigenvalue weighted by Gasteiger charge is -2.19. The van der Waals surface area contributed by atoms with Crippen molar-refractivity contribution in [2.45, 2.75) is 25.3 Å². The highest BCUT2D eigenvalue weighted by atomic mass is 16.2. The second-order valence-corrected chi connectivity index (χ2v) is 6.58. The molecule has 0 saturated carbocycles. The maximum absolute atomic E-state index is 12.6. The number of benzene rings is 1. The van der Waals surface area contributed by atoms with Crippen LogP contribution in [0.4, 0.5) is 0 Å². The zero-order chi connectivity index (χ0) is 15.1. The third-order valence-electron chi connectivity index (χ3n) is 5.24. The Hall–Kier alpha value is -2.10. The fraction of sp³-hybridized carbons (Fsp3) is 0.444. The Morgan fingerprint density at radius 2 is 1.82 bits per heavy atom. The topological polar surface area (TPSA) is 49.4 Å². The van der Waals surface area contributed by atoms with E-state index in [0.717, 1.165) is 31.5 Å². The summed E-state index contributed by atoms with van der Waals surface area (Å²) in [6, 6.07) is 7.38. The molecule has 3 atom stereocenters. The van der Waals surface area contributed by atoms with Crippen LogP contribution in [0.2, 0.25) is 0 Å². The fourth-order valence-corrected chi connectivity index (χ4v) is 4.00. The molecule has 1 aliphatic carbocycles. The van der Waals surface area contributed by atoms with Crippen molar-refractivity contribution < 1.29 is 9.59 Å². The molecule has 0 bridgehead atoms. The van der Waals surface area contributed by atoms with Crippen LogP contribution in [0.5, 0.6) is 0 Å². The molecule has 0 radical (unpaired) electrons. The van der Waals surface area contributed by atoms with E-state index >= 15 is 0 Å². The zero-order valence-electron chi connectivity index (χ0n) is 12.5. The Labute approximate surface area is 130 Å². The Balaban J connectivity index is 1.44. The van der Waals surface area contributed by atoms with Crippen molar-refractivity contribution in [3.63, 3.8) is 0 Å². The van der Waals surface area contributed by atoms with Gasteiger partial charge in [-0.3, -0.25) is 9.59 Å². The molecular weight excluding hydrogens is 276 g/mol. The van der Waals surface area contributed by atoms with Crippen LogP contribution >= 0.6 is 0 Å². The van der Waals surface area contributed by atoms with Gasteiger partial charge < -0.3 is 10.2 Å². The van der Waals surface area contributed by atoms with E-state index in [1.165, 1.54) is 0 Å². The minimum absolute atomic E-state index is 0.0623. The fourth-order valence-electron chi connectivity index (χ4n) is 4.00. The molecule has 4 nitrogen and oxygen atoms in total. The standard InChI is InChI=1S/C18H20N2O2/c21-17(20-10-12-5-1-2-6-13(12)11-20)9-16-14-7-3-4-8-15(14)18(22)19-16/h1-4,7-8,12-13,16H,5-6,9-11H2,(H,19,22)/t12-,13+,16-/m1/s1. The number of fused-ring (bicyclic) bond motifs is 2. The summed E-state index contributed by atoms with van der Waals surface area (Å²) in [6.45, 7) is 1.74. The molecule has 4 heteroatoms. The smallest absolute Gasteiger partial charge is 0.252 e. The summed E-state index contributed by atoms with van der Waals surface area (Å²) in [7, 11) is 0. The Morgan fingerprint density at radius 3 is 2.55 bits per heavy atom. The Bertz CT molecular complexity index is 636. The van der Waals surface area contributed by atoms with Crippen LogP contribution in [0.3, 0.4) is 0 Å². The highest BCUT2D eigenvalue weighted by Crippen LogP contribution is 2.34. The molecule has 1 fully saturated rings. The van der Waals surface area contributed by atoms with Crippen LogP contribution in [-0.4, -0.2) is 29.8 Å². The van der Waals surface area contributed by atoms with E-state index in [1.54, 1.807) is 0 Å². The molecule has 2 amide bonds. The van der Waals surface area contributed by atoms with Crippen molar-refractivity contribution in [1.82, 2.24) is 10.2 Å². The van der Waals surface area contributed by atoms with Gasteiger partial charge in [-0.1, -0.05) is 30.4 Å². The van der Waals surface area contributed by atoms with Crippen molar-refractivity contribution in [2.24, 2.45) is 11.8 Å². The maximum atomic E-state index is 12.6. The van der Waals surface area contributed by atoms with Gasteiger partial charge in [0, 0.05) is 18.7 Å². The SMILES string of the molecule is O=C1N[C@H](CC(=O)N2C[C@H]3CC=CC[C@H]3C2)c2ccccc21. The molecule has 2 heterocycles. The number of nitrogens with one attached hydrogen (secondary N) is 1. The van der Waals surface area contributed by atoms with Crippen molar-refractivity contribution in [1.29, 1.82) is 0 Å². The van der Waals surface area contributed by atoms with E-state index in [9.17, 15) is 9.59 Å². The van der Waals surface area contributed by atoms with E-state index in [4.69, 9.17) is 0 Å². The van der Waals surface area contributed by atoms with Crippen LogP contribution in [0, 0.1) is 11.8 Å². The van der Waals surface area contributed by atoms with Gasteiger partial charge in [0.2, 0.25) is 5.91 Å². The molecule has 3 aliphatic rings. The maximum Gasteiger partial charge on any atom is 0.252 e. The van der Waals surface area contributed by atoms with Crippen molar-refractivity contribution >= 4 is 11.8 Å². The first-order chi connectivity index (χ1) is 10.7. The first kappa shape index (κ1) is 13.6. The third kappa shape index (κ3) is 2.23. The molecule has 1 N–H and O–H groups in total. The molecule has 22 heavy (non-hydrogen) atoms. The van der Waals surface area contributed by atoms with Gasteiger partial charge >= 0.3 is 0 Å². The lowest BCUT2D eigenvalue weighted by molar-refractivity contribution is -0.130. The number of allylic oxidation sites excluding steroid dienone is 2. The highest BCUT2D eigenvalue weighted by Gasteiger charge is 2.37. The van der Waals surface area contributed by atoms with Crippen LogP contribution in [0.1, 0.15) is 41.2 Å². The second kappa shape index (κ2) is 5.27. The number of likely N-dealkylation sites (tertiary alicyclic amines) is 1. The van der Waals surface area contributed by atoms with Crippen LogP contribution in [-0.2, 0) is 4.79 Å². The van der Waals surface area contributed by atoms with Gasteiger partial charge in [0.1, 0.15) is 0 Å². The van der Waals surface area contributed by atoms with Crippen LogP contribution in [0.15, 0.2) is 36.4 Å². The Kier molecular flexibility index (Phi) is 3.25. The molecule has 0 unspecified atom stereocenters. The number of carbonyl (C=O) groups excluding carboxylic acids is 2. The number of hydrogen-bond acceptors (Lipinski definition) is 2. The summed E-state index contributed by atoms with van der Waals surface area (Å²) < 4.78 is 0. The van der Waals surface area contributed by atoms with Gasteiger partial charge in [0.05, 0.1) is 12.5 Å². The molecule has 1 aromatic carbocycles. The van der Waals surface area contributed by atoms with E-state index < -0.39 is 0 Å². The number of carbonyl (C=O) groups is 2. The first-order valence-corrected chi connectivity index (χ1v) is 8.05. The normalized spacial score (nSPS) is 29.2. The van der Waals surface area contributed by atoms with Gasteiger partial charge in [-0.05, 0) is 36.3 Å². The van der Waals surface area contributed by atoms with Crippen LogP contribution < -0.4 is 5.32 Å². The summed E-state index contributed by atoms with van der Waals surface area (Å²) in [5, 5.41) is 2.94. The molecule has 4 rings (SSSR count). The van der Waals surface area contributed by atoms with Gasteiger partial charge in [0.15, 0.2) is 0 Å². The van der Waals surface area contributed by atoms with Crippen molar-refractivity contribution in [3.05, 3.63) is 47.5 Å². The summed E-state index contributed by atoms with van der Waals surface area (Å²) in [6.07, 6.45) is 7.04. The predicted octanol–water partition coefficient (Wildman–Crippen LogP) is 2.29. The molecule has 0 spiro atoms. The number of hydrogen-bond donors (Lipinski definition) is 1. The third-order valence-corrected chi connectivity index (χ3v) is 5.24. The lowest BCUT2D eigenvalue weighted by Crippen LogP contribution is -2.32. The summed E-state index contributed by atoms with van der Waals surface area (Å²) in [4.78, 5) is 26.6. The summed E-state index contributed by atoms with van der Waals surface area (Å²) in [5.74, 6) is 1.35. The van der Waals surface area contributed by atoms with E-state index in [2.05, 4.69) is 17.5 Å².